The Balaban J connectivity index is 2.17. The largest absolute Gasteiger partial charge is 0.496 e. The van der Waals surface area contributed by atoms with Gasteiger partial charge in [0.25, 0.3) is 0 Å². The molecular formula is C17H17ClO3. The van der Waals surface area contributed by atoms with Crippen molar-refractivity contribution in [2.75, 3.05) is 7.11 Å². The van der Waals surface area contributed by atoms with Crippen LogP contribution in [-0.2, 0) is 6.61 Å². The minimum Gasteiger partial charge on any atom is -0.496 e. The molecule has 0 atom stereocenters. The van der Waals surface area contributed by atoms with Gasteiger partial charge in [0.2, 0.25) is 0 Å². The molecule has 0 amide bonds. The molecule has 3 nitrogen and oxygen atoms in total. The molecule has 0 fully saturated rings. The van der Waals surface area contributed by atoms with Crippen LogP contribution in [0.3, 0.4) is 0 Å². The number of ketones is 1. The molecule has 2 rings (SSSR count). The lowest BCUT2D eigenvalue weighted by Crippen LogP contribution is -2.00. The summed E-state index contributed by atoms with van der Waals surface area (Å²) in [5.74, 6) is 1.30. The Morgan fingerprint density at radius 3 is 2.48 bits per heavy atom. The van der Waals surface area contributed by atoms with E-state index in [9.17, 15) is 4.79 Å². The maximum absolute atomic E-state index is 11.3. The van der Waals surface area contributed by atoms with Crippen LogP contribution in [0.1, 0.15) is 28.4 Å². The first-order valence-corrected chi connectivity index (χ1v) is 6.96. The highest BCUT2D eigenvalue weighted by molar-refractivity contribution is 6.32. The molecule has 0 aliphatic heterocycles. The highest BCUT2D eigenvalue weighted by atomic mass is 35.5. The second-order valence-electron chi connectivity index (χ2n) is 4.81. The lowest BCUT2D eigenvalue weighted by Gasteiger charge is -2.12. The monoisotopic (exact) mass is 304 g/mol. The Labute approximate surface area is 129 Å². The lowest BCUT2D eigenvalue weighted by molar-refractivity contribution is 0.101. The van der Waals surface area contributed by atoms with Crippen LogP contribution in [0.4, 0.5) is 0 Å². The van der Waals surface area contributed by atoms with Crippen molar-refractivity contribution < 1.29 is 14.3 Å². The molecule has 0 spiro atoms. The van der Waals surface area contributed by atoms with E-state index in [1.165, 1.54) is 6.92 Å². The summed E-state index contributed by atoms with van der Waals surface area (Å²) in [7, 11) is 1.63. The first kappa shape index (κ1) is 15.4. The fourth-order valence-corrected chi connectivity index (χ4v) is 2.25. The molecule has 0 radical (unpaired) electrons. The molecule has 110 valence electrons. The van der Waals surface area contributed by atoms with Crippen molar-refractivity contribution in [3.8, 4) is 11.5 Å². The van der Waals surface area contributed by atoms with Gasteiger partial charge < -0.3 is 9.47 Å². The summed E-state index contributed by atoms with van der Waals surface area (Å²) in [6, 6.07) is 10.9. The molecule has 2 aromatic rings. The molecule has 0 saturated carbocycles. The Morgan fingerprint density at radius 1 is 1.14 bits per heavy atom. The van der Waals surface area contributed by atoms with Crippen LogP contribution in [0.5, 0.6) is 11.5 Å². The van der Waals surface area contributed by atoms with E-state index in [0.717, 1.165) is 16.9 Å². The third-order valence-electron chi connectivity index (χ3n) is 3.16. The summed E-state index contributed by atoms with van der Waals surface area (Å²) < 4.78 is 11.0. The molecule has 2 aromatic carbocycles. The Bertz CT molecular complexity index is 665. The van der Waals surface area contributed by atoms with Gasteiger partial charge in [0.1, 0.15) is 18.1 Å². The van der Waals surface area contributed by atoms with Crippen LogP contribution in [0.2, 0.25) is 5.02 Å². The second-order valence-corrected chi connectivity index (χ2v) is 5.21. The van der Waals surface area contributed by atoms with Gasteiger partial charge in [-0.15, -0.1) is 0 Å². The SMILES string of the molecule is COc1ccc(C)cc1COc1ccc(C(C)=O)cc1Cl. The van der Waals surface area contributed by atoms with Crippen molar-refractivity contribution in [3.05, 3.63) is 58.1 Å². The standard InChI is InChI=1S/C17H17ClO3/c1-11-4-6-16(20-3)14(8-11)10-21-17-7-5-13(12(2)19)9-15(17)18/h4-9H,10H2,1-3H3. The van der Waals surface area contributed by atoms with Crippen molar-refractivity contribution in [2.24, 2.45) is 0 Å². The summed E-state index contributed by atoms with van der Waals surface area (Å²) in [6.07, 6.45) is 0. The summed E-state index contributed by atoms with van der Waals surface area (Å²) in [5.41, 5.74) is 2.65. The second kappa shape index (κ2) is 6.64. The van der Waals surface area contributed by atoms with Crippen LogP contribution in [-0.4, -0.2) is 12.9 Å². The van der Waals surface area contributed by atoms with E-state index in [1.807, 2.05) is 25.1 Å². The zero-order valence-corrected chi connectivity index (χ0v) is 13.0. The molecule has 0 aromatic heterocycles. The van der Waals surface area contributed by atoms with Crippen molar-refractivity contribution >= 4 is 17.4 Å². The Hall–Kier alpha value is -2.00. The molecular weight excluding hydrogens is 288 g/mol. The van der Waals surface area contributed by atoms with E-state index in [1.54, 1.807) is 25.3 Å². The summed E-state index contributed by atoms with van der Waals surface area (Å²) in [6.45, 7) is 3.87. The van der Waals surface area contributed by atoms with Gasteiger partial charge >= 0.3 is 0 Å². The predicted molar refractivity (Wildman–Crippen MR) is 83.5 cm³/mol. The van der Waals surface area contributed by atoms with Gasteiger partial charge in [0.15, 0.2) is 5.78 Å². The number of aryl methyl sites for hydroxylation is 1. The van der Waals surface area contributed by atoms with E-state index in [2.05, 4.69) is 0 Å². The number of benzene rings is 2. The predicted octanol–water partition coefficient (Wildman–Crippen LogP) is 4.44. The zero-order chi connectivity index (χ0) is 15.4. The van der Waals surface area contributed by atoms with Crippen LogP contribution < -0.4 is 9.47 Å². The molecule has 0 unspecified atom stereocenters. The normalized spacial score (nSPS) is 10.3. The maximum atomic E-state index is 11.3. The summed E-state index contributed by atoms with van der Waals surface area (Å²) in [4.78, 5) is 11.3. The number of hydrogen-bond acceptors (Lipinski definition) is 3. The van der Waals surface area contributed by atoms with Gasteiger partial charge in [-0.3, -0.25) is 4.79 Å². The first-order chi connectivity index (χ1) is 10.0. The van der Waals surface area contributed by atoms with Crippen molar-refractivity contribution in [3.63, 3.8) is 0 Å². The zero-order valence-electron chi connectivity index (χ0n) is 12.3. The van der Waals surface area contributed by atoms with Crippen LogP contribution in [0, 0.1) is 6.92 Å². The highest BCUT2D eigenvalue weighted by Crippen LogP contribution is 2.28. The van der Waals surface area contributed by atoms with Crippen LogP contribution in [0.25, 0.3) is 0 Å². The fraction of sp³-hybridized carbons (Fsp3) is 0.235. The Morgan fingerprint density at radius 2 is 1.86 bits per heavy atom. The van der Waals surface area contributed by atoms with E-state index >= 15 is 0 Å². The molecule has 0 bridgehead atoms. The molecule has 0 N–H and O–H groups in total. The minimum absolute atomic E-state index is 0.0243. The van der Waals surface area contributed by atoms with Crippen molar-refractivity contribution in [1.29, 1.82) is 0 Å². The van der Waals surface area contributed by atoms with Gasteiger partial charge in [-0.05, 0) is 44.2 Å². The van der Waals surface area contributed by atoms with E-state index in [-0.39, 0.29) is 5.78 Å². The number of Topliss-reactive ketones (excluding diaryl/α,β-unsaturated/α-hetero) is 1. The van der Waals surface area contributed by atoms with Gasteiger partial charge in [0, 0.05) is 11.1 Å². The van der Waals surface area contributed by atoms with Crippen LogP contribution in [0.15, 0.2) is 36.4 Å². The summed E-state index contributed by atoms with van der Waals surface area (Å²) >= 11 is 6.14. The van der Waals surface area contributed by atoms with E-state index < -0.39 is 0 Å². The van der Waals surface area contributed by atoms with Gasteiger partial charge in [-0.1, -0.05) is 23.2 Å². The Kier molecular flexibility index (Phi) is 4.86. The maximum Gasteiger partial charge on any atom is 0.159 e. The minimum atomic E-state index is -0.0243. The molecule has 0 aliphatic carbocycles. The number of carbonyl (C=O) groups is 1. The average molecular weight is 305 g/mol. The quantitative estimate of drug-likeness (QED) is 0.766. The molecule has 21 heavy (non-hydrogen) atoms. The number of halogens is 1. The van der Waals surface area contributed by atoms with Gasteiger partial charge in [0.05, 0.1) is 12.1 Å². The van der Waals surface area contributed by atoms with E-state index in [4.69, 9.17) is 21.1 Å². The number of rotatable bonds is 5. The molecule has 0 aliphatic rings. The first-order valence-electron chi connectivity index (χ1n) is 6.58. The number of ether oxygens (including phenoxy) is 2. The van der Waals surface area contributed by atoms with Gasteiger partial charge in [-0.25, -0.2) is 0 Å². The fourth-order valence-electron chi connectivity index (χ4n) is 2.01. The number of hydrogen-bond donors (Lipinski definition) is 0. The van der Waals surface area contributed by atoms with E-state index in [0.29, 0.717) is 22.9 Å². The number of methoxy groups -OCH3 is 1. The molecule has 0 heterocycles. The van der Waals surface area contributed by atoms with Crippen molar-refractivity contribution in [2.45, 2.75) is 20.5 Å². The molecule has 4 heteroatoms. The lowest BCUT2D eigenvalue weighted by atomic mass is 10.1. The molecule has 0 saturated heterocycles. The van der Waals surface area contributed by atoms with Gasteiger partial charge in [-0.2, -0.15) is 0 Å². The van der Waals surface area contributed by atoms with Crippen LogP contribution >= 0.6 is 11.6 Å². The third kappa shape index (κ3) is 3.76. The van der Waals surface area contributed by atoms with Crippen molar-refractivity contribution in [1.82, 2.24) is 0 Å². The third-order valence-corrected chi connectivity index (χ3v) is 3.45. The average Bonchev–Trinajstić information content (AvgIpc) is 2.46. The highest BCUT2D eigenvalue weighted by Gasteiger charge is 2.08. The topological polar surface area (TPSA) is 35.5 Å². The smallest absolute Gasteiger partial charge is 0.159 e. The number of carbonyl (C=O) groups excluding carboxylic acids is 1. The summed E-state index contributed by atoms with van der Waals surface area (Å²) in [5, 5.41) is 0.425.